The first-order chi connectivity index (χ1) is 22.6. The lowest BCUT2D eigenvalue weighted by Gasteiger charge is -2.58. The van der Waals surface area contributed by atoms with E-state index in [2.05, 4.69) is 91.0 Å². The number of benzene rings is 2. The molecule has 0 saturated heterocycles. The maximum atomic E-state index is 12.5. The first-order valence-electron chi connectivity index (χ1n) is 18.1. The summed E-state index contributed by atoms with van der Waals surface area (Å²) in [4.78, 5) is 24.3. The molecule has 0 amide bonds. The number of methoxy groups -OCH3 is 2. The van der Waals surface area contributed by atoms with Gasteiger partial charge in [0.25, 0.3) is 0 Å². The molecule has 0 radical (unpaired) electrons. The highest BCUT2D eigenvalue weighted by Crippen LogP contribution is 2.63. The number of esters is 2. The van der Waals surface area contributed by atoms with Gasteiger partial charge in [0, 0.05) is 6.20 Å². The number of rotatable bonds is 7. The van der Waals surface area contributed by atoms with Crippen molar-refractivity contribution in [1.82, 2.24) is 0 Å². The highest BCUT2D eigenvalue weighted by molar-refractivity contribution is 5.95. The van der Waals surface area contributed by atoms with E-state index in [0.29, 0.717) is 17.4 Å². The molecule has 5 rings (SSSR count). The molecule has 5 unspecified atom stereocenters. The molecule has 48 heavy (non-hydrogen) atoms. The lowest BCUT2D eigenvalue weighted by molar-refractivity contribution is -0.166. The van der Waals surface area contributed by atoms with Crippen molar-refractivity contribution >= 4 is 17.6 Å². The number of para-hydroxylation sites is 1. The van der Waals surface area contributed by atoms with Crippen molar-refractivity contribution in [2.75, 3.05) is 19.5 Å². The van der Waals surface area contributed by atoms with E-state index in [1.54, 1.807) is 18.7 Å². The quantitative estimate of drug-likeness (QED) is 0.238. The zero-order valence-corrected chi connectivity index (χ0v) is 31.4. The Morgan fingerprint density at radius 3 is 2.29 bits per heavy atom. The van der Waals surface area contributed by atoms with Crippen LogP contribution in [0.1, 0.15) is 122 Å². The SMILES string of the molecule is COC(=O)C1(C)CCCC2(C)C3CCC(C(C)C)CC3=CCC12.COC(=O)c1ccccc1N/C=C(\C)Cc1ccc(C(C)(C)C)cc1. The largest absolute Gasteiger partial charge is 0.469 e. The van der Waals surface area contributed by atoms with Crippen LogP contribution >= 0.6 is 0 Å². The van der Waals surface area contributed by atoms with E-state index < -0.39 is 0 Å². The number of carbonyl (C=O) groups excluding carboxylic acids is 2. The van der Waals surface area contributed by atoms with Crippen LogP contribution in [-0.2, 0) is 26.1 Å². The van der Waals surface area contributed by atoms with Gasteiger partial charge >= 0.3 is 11.9 Å². The smallest absolute Gasteiger partial charge is 0.339 e. The molecule has 262 valence electrons. The Balaban J connectivity index is 0.000000217. The van der Waals surface area contributed by atoms with E-state index in [1.165, 1.54) is 49.5 Å². The second-order valence-corrected chi connectivity index (χ2v) is 16.5. The van der Waals surface area contributed by atoms with E-state index in [9.17, 15) is 9.59 Å². The fourth-order valence-electron chi connectivity index (χ4n) is 8.86. The number of allylic oxidation sites excluding steroid dienone is 3. The van der Waals surface area contributed by atoms with Gasteiger partial charge in [0.15, 0.2) is 0 Å². The summed E-state index contributed by atoms with van der Waals surface area (Å²) in [7, 11) is 2.94. The predicted octanol–water partition coefficient (Wildman–Crippen LogP) is 10.7. The summed E-state index contributed by atoms with van der Waals surface area (Å²) in [6.45, 7) is 18.1. The second-order valence-electron chi connectivity index (χ2n) is 16.5. The van der Waals surface area contributed by atoms with Crippen molar-refractivity contribution in [3.63, 3.8) is 0 Å². The molecule has 0 bridgehead atoms. The summed E-state index contributed by atoms with van der Waals surface area (Å²) < 4.78 is 10.0. The van der Waals surface area contributed by atoms with Crippen molar-refractivity contribution in [3.8, 4) is 0 Å². The highest BCUT2D eigenvalue weighted by atomic mass is 16.5. The molecule has 0 spiro atoms. The molecule has 5 heteroatoms. The molecule has 5 nitrogen and oxygen atoms in total. The van der Waals surface area contributed by atoms with Crippen LogP contribution in [0.25, 0.3) is 0 Å². The Hall–Kier alpha value is -3.34. The van der Waals surface area contributed by atoms with Crippen LogP contribution in [0.15, 0.2) is 72.0 Å². The van der Waals surface area contributed by atoms with Gasteiger partial charge in [-0.1, -0.05) is 102 Å². The summed E-state index contributed by atoms with van der Waals surface area (Å²) in [6.07, 6.45) is 13.8. The van der Waals surface area contributed by atoms with Crippen molar-refractivity contribution in [1.29, 1.82) is 0 Å². The maximum absolute atomic E-state index is 12.5. The van der Waals surface area contributed by atoms with E-state index >= 15 is 0 Å². The molecule has 0 aliphatic heterocycles. The molecule has 2 aromatic carbocycles. The molecule has 2 aromatic rings. The summed E-state index contributed by atoms with van der Waals surface area (Å²) in [5.74, 6) is 2.46. The number of hydrogen-bond donors (Lipinski definition) is 1. The van der Waals surface area contributed by atoms with E-state index in [4.69, 9.17) is 9.47 Å². The number of ether oxygens (including phenoxy) is 2. The molecule has 3 aliphatic rings. The van der Waals surface area contributed by atoms with Gasteiger partial charge in [-0.25, -0.2) is 4.79 Å². The number of fused-ring (bicyclic) bond motifs is 3. The number of anilines is 1. The van der Waals surface area contributed by atoms with Crippen molar-refractivity contribution in [3.05, 3.63) is 88.6 Å². The zero-order chi connectivity index (χ0) is 35.3. The van der Waals surface area contributed by atoms with Gasteiger partial charge in [0.05, 0.1) is 30.9 Å². The third-order valence-electron chi connectivity index (χ3n) is 11.9. The summed E-state index contributed by atoms with van der Waals surface area (Å²) in [6, 6.07) is 16.1. The lowest BCUT2D eigenvalue weighted by Crippen LogP contribution is -2.53. The number of carbonyl (C=O) groups is 2. The van der Waals surface area contributed by atoms with Crippen molar-refractivity contribution in [2.24, 2.45) is 34.5 Å². The lowest BCUT2D eigenvalue weighted by atomic mass is 9.46. The fourth-order valence-corrected chi connectivity index (χ4v) is 8.86. The zero-order valence-electron chi connectivity index (χ0n) is 31.4. The minimum absolute atomic E-state index is 0.0149. The van der Waals surface area contributed by atoms with Crippen LogP contribution in [0, 0.1) is 34.5 Å². The molecular formula is C43H61NO4. The molecule has 0 heterocycles. The van der Waals surface area contributed by atoms with Crippen LogP contribution < -0.4 is 5.32 Å². The third-order valence-corrected chi connectivity index (χ3v) is 11.9. The van der Waals surface area contributed by atoms with Gasteiger partial charge in [-0.15, -0.1) is 0 Å². The summed E-state index contributed by atoms with van der Waals surface area (Å²) >= 11 is 0. The molecule has 0 aromatic heterocycles. The monoisotopic (exact) mass is 655 g/mol. The topological polar surface area (TPSA) is 64.6 Å². The van der Waals surface area contributed by atoms with Gasteiger partial charge in [-0.2, -0.15) is 0 Å². The Bertz CT molecular complexity index is 1480. The van der Waals surface area contributed by atoms with Crippen molar-refractivity contribution < 1.29 is 19.1 Å². The van der Waals surface area contributed by atoms with Crippen LogP contribution in [-0.4, -0.2) is 26.2 Å². The molecule has 2 saturated carbocycles. The maximum Gasteiger partial charge on any atom is 0.339 e. The third kappa shape index (κ3) is 8.26. The van der Waals surface area contributed by atoms with Crippen LogP contribution in [0.2, 0.25) is 0 Å². The Kier molecular flexibility index (Phi) is 12.1. The average molecular weight is 656 g/mol. The Morgan fingerprint density at radius 1 is 0.979 bits per heavy atom. The minimum atomic E-state index is -0.341. The minimum Gasteiger partial charge on any atom is -0.469 e. The van der Waals surface area contributed by atoms with Crippen LogP contribution in [0.4, 0.5) is 5.69 Å². The van der Waals surface area contributed by atoms with Crippen LogP contribution in [0.3, 0.4) is 0 Å². The molecule has 2 fully saturated rings. The van der Waals surface area contributed by atoms with E-state index in [-0.39, 0.29) is 28.2 Å². The average Bonchev–Trinajstić information content (AvgIpc) is 3.06. The molecule has 5 atom stereocenters. The van der Waals surface area contributed by atoms with Crippen molar-refractivity contribution in [2.45, 2.75) is 112 Å². The number of hydrogen-bond acceptors (Lipinski definition) is 5. The predicted molar refractivity (Wildman–Crippen MR) is 198 cm³/mol. The Labute approximate surface area is 291 Å². The van der Waals surface area contributed by atoms with Gasteiger partial charge < -0.3 is 14.8 Å². The summed E-state index contributed by atoms with van der Waals surface area (Å²) in [5.41, 5.74) is 6.94. The summed E-state index contributed by atoms with van der Waals surface area (Å²) in [5, 5.41) is 3.22. The second kappa shape index (κ2) is 15.5. The van der Waals surface area contributed by atoms with Gasteiger partial charge in [-0.3, -0.25) is 4.79 Å². The molecular weight excluding hydrogens is 594 g/mol. The Morgan fingerprint density at radius 2 is 1.67 bits per heavy atom. The van der Waals surface area contributed by atoms with Crippen LogP contribution in [0.5, 0.6) is 0 Å². The van der Waals surface area contributed by atoms with Gasteiger partial charge in [0.2, 0.25) is 0 Å². The van der Waals surface area contributed by atoms with E-state index in [0.717, 1.165) is 43.2 Å². The molecule has 3 aliphatic carbocycles. The fraction of sp³-hybridized carbons (Fsp3) is 0.581. The van der Waals surface area contributed by atoms with Gasteiger partial charge in [0.1, 0.15) is 0 Å². The first-order valence-corrected chi connectivity index (χ1v) is 18.1. The van der Waals surface area contributed by atoms with E-state index in [1.807, 2.05) is 24.4 Å². The first kappa shape index (κ1) is 37.5. The van der Waals surface area contributed by atoms with Gasteiger partial charge in [-0.05, 0) is 117 Å². The highest BCUT2D eigenvalue weighted by Gasteiger charge is 2.58. The number of nitrogens with one attached hydrogen (secondary N) is 1. The molecule has 1 N–H and O–H groups in total. The standard InChI is InChI=1S/C22H27NO2.C21H34O2/c1-16(14-17-10-12-18(13-11-17)22(2,3)4)15-23-20-9-7-6-8-19(20)21(24)25-5;1-14(2)15-7-9-17-16(13-15)8-10-18-20(17,3)11-6-12-21(18,4)19(22)23-5/h6-13,15,23H,14H2,1-5H3;8,14-15,17-18H,6-7,9-13H2,1-5H3/b16-15+;. The normalized spacial score (nSPS) is 27.0.